The summed E-state index contributed by atoms with van der Waals surface area (Å²) in [6.45, 7) is 0. The highest BCUT2D eigenvalue weighted by Crippen LogP contribution is 2.32. The Kier molecular flexibility index (Phi) is 3.02. The molecule has 0 saturated carbocycles. The summed E-state index contributed by atoms with van der Waals surface area (Å²) in [5.74, 6) is 0.693. The third-order valence-corrected chi connectivity index (χ3v) is 4.22. The zero-order valence-electron chi connectivity index (χ0n) is 9.70. The molecule has 3 rings (SSSR count). The van der Waals surface area contributed by atoms with Crippen LogP contribution in [0.2, 0.25) is 0 Å². The average molecular weight is 287 g/mol. The van der Waals surface area contributed by atoms with Gasteiger partial charge in [0, 0.05) is 4.47 Å². The van der Waals surface area contributed by atoms with Crippen molar-refractivity contribution in [3.05, 3.63) is 69.7 Å². The monoisotopic (exact) mass is 286 g/mol. The minimum atomic E-state index is 0.693. The molecule has 0 aliphatic heterocycles. The topological polar surface area (TPSA) is 0 Å². The highest BCUT2D eigenvalue weighted by Gasteiger charge is 2.19. The Morgan fingerprint density at radius 1 is 0.882 bits per heavy atom. The Bertz CT molecular complexity index is 513. The van der Waals surface area contributed by atoms with Crippen molar-refractivity contribution in [2.24, 2.45) is 0 Å². The van der Waals surface area contributed by atoms with E-state index in [0.717, 1.165) is 4.47 Å². The van der Waals surface area contributed by atoms with Gasteiger partial charge in [-0.25, -0.2) is 0 Å². The van der Waals surface area contributed by atoms with E-state index in [0.29, 0.717) is 5.92 Å². The summed E-state index contributed by atoms with van der Waals surface area (Å²) in [6, 6.07) is 17.7. The molecule has 0 nitrogen and oxygen atoms in total. The lowest BCUT2D eigenvalue weighted by atomic mass is 9.80. The summed E-state index contributed by atoms with van der Waals surface area (Å²) in [4.78, 5) is 0. The molecule has 1 atom stereocenters. The van der Waals surface area contributed by atoms with Crippen LogP contribution in [0.1, 0.15) is 29.0 Å². The van der Waals surface area contributed by atoms with E-state index in [-0.39, 0.29) is 0 Å². The van der Waals surface area contributed by atoms with Crippen LogP contribution < -0.4 is 0 Å². The van der Waals surface area contributed by atoms with Gasteiger partial charge < -0.3 is 0 Å². The Hall–Kier alpha value is -1.08. The summed E-state index contributed by atoms with van der Waals surface area (Å²) in [6.07, 6.45) is 3.69. The van der Waals surface area contributed by atoms with Crippen molar-refractivity contribution in [2.75, 3.05) is 0 Å². The van der Waals surface area contributed by atoms with Crippen molar-refractivity contribution in [3.63, 3.8) is 0 Å². The van der Waals surface area contributed by atoms with E-state index in [1.54, 1.807) is 5.56 Å². The maximum absolute atomic E-state index is 3.50. The van der Waals surface area contributed by atoms with Crippen LogP contribution in [0.15, 0.2) is 53.0 Å². The van der Waals surface area contributed by atoms with Crippen molar-refractivity contribution in [2.45, 2.75) is 25.2 Å². The van der Waals surface area contributed by atoms with Gasteiger partial charge in [-0.05, 0) is 54.0 Å². The van der Waals surface area contributed by atoms with Gasteiger partial charge in [0.1, 0.15) is 0 Å². The summed E-state index contributed by atoms with van der Waals surface area (Å²) in [7, 11) is 0. The molecule has 0 radical (unpaired) electrons. The number of hydrogen-bond donors (Lipinski definition) is 0. The second kappa shape index (κ2) is 4.66. The predicted octanol–water partition coefficient (Wildman–Crippen LogP) is 4.72. The number of benzene rings is 2. The van der Waals surface area contributed by atoms with E-state index in [9.17, 15) is 0 Å². The first kappa shape index (κ1) is 11.0. The van der Waals surface area contributed by atoms with Crippen molar-refractivity contribution >= 4 is 15.9 Å². The Morgan fingerprint density at radius 3 is 2.35 bits per heavy atom. The number of hydrogen-bond acceptors (Lipinski definition) is 0. The smallest absolute Gasteiger partial charge is 0.0175 e. The lowest BCUT2D eigenvalue weighted by Gasteiger charge is -2.24. The molecule has 1 heteroatoms. The van der Waals surface area contributed by atoms with E-state index < -0.39 is 0 Å². The molecular weight excluding hydrogens is 272 g/mol. The molecule has 2 aromatic rings. The fourth-order valence-electron chi connectivity index (χ4n) is 2.72. The molecular formula is C16H15Br. The van der Waals surface area contributed by atoms with Crippen LogP contribution >= 0.6 is 15.9 Å². The van der Waals surface area contributed by atoms with Gasteiger partial charge in [-0.2, -0.15) is 0 Å². The Balaban J connectivity index is 1.86. The van der Waals surface area contributed by atoms with Crippen molar-refractivity contribution in [1.29, 1.82) is 0 Å². The molecule has 0 aromatic heterocycles. The quantitative estimate of drug-likeness (QED) is 0.712. The standard InChI is InChI=1S/C16H15Br/c17-16-9-7-13(8-10-16)15-6-5-12-3-1-2-4-14(12)11-15/h1-4,7-10,15H,5-6,11H2. The Morgan fingerprint density at radius 2 is 1.59 bits per heavy atom. The second-order valence-electron chi connectivity index (χ2n) is 4.76. The maximum atomic E-state index is 3.50. The van der Waals surface area contributed by atoms with E-state index >= 15 is 0 Å². The van der Waals surface area contributed by atoms with Gasteiger partial charge in [-0.1, -0.05) is 52.3 Å². The van der Waals surface area contributed by atoms with Crippen LogP contribution in [-0.2, 0) is 12.8 Å². The summed E-state index contributed by atoms with van der Waals surface area (Å²) < 4.78 is 1.16. The molecule has 0 N–H and O–H groups in total. The van der Waals surface area contributed by atoms with Crippen LogP contribution in [0, 0.1) is 0 Å². The first-order valence-corrected chi connectivity index (χ1v) is 6.94. The molecule has 0 spiro atoms. The summed E-state index contributed by atoms with van der Waals surface area (Å²) in [5, 5.41) is 0. The second-order valence-corrected chi connectivity index (χ2v) is 5.68. The van der Waals surface area contributed by atoms with Crippen molar-refractivity contribution in [1.82, 2.24) is 0 Å². The van der Waals surface area contributed by atoms with Crippen LogP contribution in [0.25, 0.3) is 0 Å². The minimum absolute atomic E-state index is 0.693. The Labute approximate surface area is 111 Å². The van der Waals surface area contributed by atoms with Crippen LogP contribution in [-0.4, -0.2) is 0 Å². The SMILES string of the molecule is Brc1ccc(C2CCc3ccccc3C2)cc1. The van der Waals surface area contributed by atoms with Crippen LogP contribution in [0.3, 0.4) is 0 Å². The van der Waals surface area contributed by atoms with Gasteiger partial charge in [0.2, 0.25) is 0 Å². The number of fused-ring (bicyclic) bond motifs is 1. The van der Waals surface area contributed by atoms with E-state index in [4.69, 9.17) is 0 Å². The molecule has 1 aliphatic carbocycles. The first-order valence-electron chi connectivity index (χ1n) is 6.15. The van der Waals surface area contributed by atoms with Gasteiger partial charge in [-0.15, -0.1) is 0 Å². The minimum Gasteiger partial charge on any atom is -0.0620 e. The highest BCUT2D eigenvalue weighted by molar-refractivity contribution is 9.10. The molecule has 86 valence electrons. The zero-order chi connectivity index (χ0) is 11.7. The van der Waals surface area contributed by atoms with Gasteiger partial charge in [0.25, 0.3) is 0 Å². The third-order valence-electron chi connectivity index (χ3n) is 3.69. The number of aryl methyl sites for hydroxylation is 1. The fraction of sp³-hybridized carbons (Fsp3) is 0.250. The first-order chi connectivity index (χ1) is 8.33. The van der Waals surface area contributed by atoms with Crippen LogP contribution in [0.5, 0.6) is 0 Å². The predicted molar refractivity (Wildman–Crippen MR) is 75.4 cm³/mol. The molecule has 0 fully saturated rings. The molecule has 0 bridgehead atoms. The zero-order valence-corrected chi connectivity index (χ0v) is 11.3. The molecule has 2 aromatic carbocycles. The molecule has 0 saturated heterocycles. The largest absolute Gasteiger partial charge is 0.0620 e. The van der Waals surface area contributed by atoms with Gasteiger partial charge in [0.05, 0.1) is 0 Å². The number of rotatable bonds is 1. The van der Waals surface area contributed by atoms with E-state index in [1.165, 1.54) is 30.4 Å². The van der Waals surface area contributed by atoms with Crippen molar-refractivity contribution in [3.8, 4) is 0 Å². The molecule has 0 amide bonds. The van der Waals surface area contributed by atoms with Crippen LogP contribution in [0.4, 0.5) is 0 Å². The summed E-state index contributed by atoms with van der Waals surface area (Å²) >= 11 is 3.50. The van der Waals surface area contributed by atoms with Gasteiger partial charge >= 0.3 is 0 Å². The average Bonchev–Trinajstić information content (AvgIpc) is 2.39. The lowest BCUT2D eigenvalue weighted by Crippen LogP contribution is -2.12. The summed E-state index contributed by atoms with van der Waals surface area (Å²) in [5.41, 5.74) is 4.55. The molecule has 1 unspecified atom stereocenters. The van der Waals surface area contributed by atoms with Gasteiger partial charge in [-0.3, -0.25) is 0 Å². The molecule has 0 heterocycles. The van der Waals surface area contributed by atoms with Gasteiger partial charge in [0.15, 0.2) is 0 Å². The lowest BCUT2D eigenvalue weighted by molar-refractivity contribution is 0.585. The van der Waals surface area contributed by atoms with Crippen molar-refractivity contribution < 1.29 is 0 Å². The van der Waals surface area contributed by atoms with E-state index in [1.807, 2.05) is 0 Å². The molecule has 1 aliphatic rings. The fourth-order valence-corrected chi connectivity index (χ4v) is 2.98. The molecule has 17 heavy (non-hydrogen) atoms. The highest BCUT2D eigenvalue weighted by atomic mass is 79.9. The maximum Gasteiger partial charge on any atom is 0.0175 e. The normalized spacial score (nSPS) is 18.8. The van der Waals surface area contributed by atoms with E-state index in [2.05, 4.69) is 64.5 Å². The number of halogens is 1. The third kappa shape index (κ3) is 2.30.